The van der Waals surface area contributed by atoms with Gasteiger partial charge in [0.1, 0.15) is 5.60 Å². The minimum Gasteiger partial charge on any atom is -0.493 e. The van der Waals surface area contributed by atoms with Gasteiger partial charge in [0.05, 0.1) is 13.7 Å². The van der Waals surface area contributed by atoms with Gasteiger partial charge in [-0.25, -0.2) is 8.78 Å². The van der Waals surface area contributed by atoms with Crippen LogP contribution in [0.15, 0.2) is 24.3 Å². The third kappa shape index (κ3) is 4.03. The summed E-state index contributed by atoms with van der Waals surface area (Å²) in [5, 5.41) is 8.61. The zero-order chi connectivity index (χ0) is 20.5. The standard InChI is InChI=1S/C21H22F2O5/c1-21(2)11-14-13(6-7-17(26-3)19(14)28-21)12-9-15(22)20(16(23)10-12)27-8-4-5-18(24)25/h6-7,9-10H,4-5,8,11H2,1-3H3,(H,24,25). The topological polar surface area (TPSA) is 65.0 Å². The lowest BCUT2D eigenvalue weighted by Gasteiger charge is -2.17. The molecular weight excluding hydrogens is 370 g/mol. The van der Waals surface area contributed by atoms with Crippen LogP contribution in [0.1, 0.15) is 32.3 Å². The molecule has 0 amide bonds. The van der Waals surface area contributed by atoms with Gasteiger partial charge in [-0.1, -0.05) is 6.07 Å². The van der Waals surface area contributed by atoms with E-state index in [2.05, 4.69) is 0 Å². The molecule has 28 heavy (non-hydrogen) atoms. The number of benzene rings is 2. The van der Waals surface area contributed by atoms with Crippen molar-refractivity contribution in [2.75, 3.05) is 13.7 Å². The summed E-state index contributed by atoms with van der Waals surface area (Å²) < 4.78 is 45.4. The molecular formula is C21H22F2O5. The molecule has 0 saturated carbocycles. The highest BCUT2D eigenvalue weighted by Gasteiger charge is 2.35. The first kappa shape index (κ1) is 19.9. The molecule has 1 heterocycles. The maximum Gasteiger partial charge on any atom is 0.303 e. The van der Waals surface area contributed by atoms with Gasteiger partial charge in [0.2, 0.25) is 0 Å². The van der Waals surface area contributed by atoms with E-state index < -0.39 is 29.0 Å². The van der Waals surface area contributed by atoms with Crippen LogP contribution in [0.5, 0.6) is 17.2 Å². The Morgan fingerprint density at radius 3 is 2.54 bits per heavy atom. The Labute approximate surface area is 161 Å². The molecule has 1 aliphatic rings. The van der Waals surface area contributed by atoms with Crippen molar-refractivity contribution in [3.05, 3.63) is 41.5 Å². The van der Waals surface area contributed by atoms with Gasteiger partial charge in [0, 0.05) is 18.4 Å². The average Bonchev–Trinajstić information content (AvgIpc) is 2.94. The molecule has 0 saturated heterocycles. The van der Waals surface area contributed by atoms with Gasteiger partial charge < -0.3 is 19.3 Å². The summed E-state index contributed by atoms with van der Waals surface area (Å²) in [4.78, 5) is 10.5. The number of hydrogen-bond donors (Lipinski definition) is 1. The zero-order valence-corrected chi connectivity index (χ0v) is 16.0. The van der Waals surface area contributed by atoms with E-state index in [1.165, 1.54) is 12.1 Å². The highest BCUT2D eigenvalue weighted by Crippen LogP contribution is 2.47. The van der Waals surface area contributed by atoms with Gasteiger partial charge in [0.15, 0.2) is 28.9 Å². The second-order valence-corrected chi connectivity index (χ2v) is 7.28. The van der Waals surface area contributed by atoms with Gasteiger partial charge in [-0.05, 0) is 49.6 Å². The van der Waals surface area contributed by atoms with Crippen LogP contribution in [-0.2, 0) is 11.2 Å². The Morgan fingerprint density at radius 2 is 1.93 bits per heavy atom. The highest BCUT2D eigenvalue weighted by molar-refractivity contribution is 5.74. The van der Waals surface area contributed by atoms with Crippen molar-refractivity contribution in [3.8, 4) is 28.4 Å². The van der Waals surface area contributed by atoms with E-state index in [4.69, 9.17) is 19.3 Å². The number of methoxy groups -OCH3 is 1. The van der Waals surface area contributed by atoms with Crippen molar-refractivity contribution in [1.29, 1.82) is 0 Å². The lowest BCUT2D eigenvalue weighted by atomic mass is 9.93. The van der Waals surface area contributed by atoms with E-state index in [0.29, 0.717) is 29.0 Å². The summed E-state index contributed by atoms with van der Waals surface area (Å²) in [5.41, 5.74) is 1.42. The number of hydrogen-bond acceptors (Lipinski definition) is 4. The molecule has 5 nitrogen and oxygen atoms in total. The number of halogens is 2. The number of carboxylic acids is 1. The first-order valence-electron chi connectivity index (χ1n) is 8.95. The molecule has 0 radical (unpaired) electrons. The van der Waals surface area contributed by atoms with Crippen LogP contribution < -0.4 is 14.2 Å². The SMILES string of the molecule is COc1ccc(-c2cc(F)c(OCCCC(=O)O)c(F)c2)c2c1OC(C)(C)C2. The minimum atomic E-state index is -0.988. The summed E-state index contributed by atoms with van der Waals surface area (Å²) in [6.07, 6.45) is 0.606. The minimum absolute atomic E-state index is 0.0839. The zero-order valence-electron chi connectivity index (χ0n) is 16.0. The van der Waals surface area contributed by atoms with Gasteiger partial charge >= 0.3 is 5.97 Å². The van der Waals surface area contributed by atoms with Crippen molar-refractivity contribution in [2.45, 2.75) is 38.7 Å². The normalized spacial score (nSPS) is 14.3. The van der Waals surface area contributed by atoms with Crippen LogP contribution in [0, 0.1) is 11.6 Å². The van der Waals surface area contributed by atoms with Gasteiger partial charge in [-0.3, -0.25) is 4.79 Å². The fourth-order valence-electron chi connectivity index (χ4n) is 3.31. The first-order chi connectivity index (χ1) is 13.2. The Bertz CT molecular complexity index is 885. The van der Waals surface area contributed by atoms with Gasteiger partial charge in [-0.2, -0.15) is 0 Å². The largest absolute Gasteiger partial charge is 0.493 e. The second-order valence-electron chi connectivity index (χ2n) is 7.28. The number of aliphatic carboxylic acids is 1. The maximum absolute atomic E-state index is 14.5. The Morgan fingerprint density at radius 1 is 1.25 bits per heavy atom. The molecule has 0 bridgehead atoms. The number of rotatable bonds is 7. The highest BCUT2D eigenvalue weighted by atomic mass is 19.1. The summed E-state index contributed by atoms with van der Waals surface area (Å²) in [6.45, 7) is 3.79. The van der Waals surface area contributed by atoms with E-state index in [1.54, 1.807) is 19.2 Å². The van der Waals surface area contributed by atoms with Crippen molar-refractivity contribution in [3.63, 3.8) is 0 Å². The fourth-order valence-corrected chi connectivity index (χ4v) is 3.31. The van der Waals surface area contributed by atoms with Crippen LogP contribution in [0.4, 0.5) is 8.78 Å². The smallest absolute Gasteiger partial charge is 0.303 e. The number of carbonyl (C=O) groups is 1. The Hall–Kier alpha value is -2.83. The van der Waals surface area contributed by atoms with Crippen LogP contribution in [-0.4, -0.2) is 30.4 Å². The lowest BCUT2D eigenvalue weighted by Crippen LogP contribution is -2.24. The van der Waals surface area contributed by atoms with E-state index in [1.807, 2.05) is 13.8 Å². The van der Waals surface area contributed by atoms with Crippen LogP contribution in [0.25, 0.3) is 11.1 Å². The fraction of sp³-hybridized carbons (Fsp3) is 0.381. The van der Waals surface area contributed by atoms with E-state index in [-0.39, 0.29) is 19.4 Å². The molecule has 0 fully saturated rings. The number of fused-ring (bicyclic) bond motifs is 1. The molecule has 150 valence electrons. The molecule has 2 aromatic carbocycles. The van der Waals surface area contributed by atoms with Crippen LogP contribution in [0.2, 0.25) is 0 Å². The molecule has 2 aromatic rings. The summed E-state index contributed by atoms with van der Waals surface area (Å²) >= 11 is 0. The first-order valence-corrected chi connectivity index (χ1v) is 8.95. The molecule has 3 rings (SSSR count). The quantitative estimate of drug-likeness (QED) is 0.698. The molecule has 0 atom stereocenters. The van der Waals surface area contributed by atoms with Crippen molar-refractivity contribution in [2.24, 2.45) is 0 Å². The predicted octanol–water partition coefficient (Wildman–Crippen LogP) is 4.60. The molecule has 1 N–H and O–H groups in total. The van der Waals surface area contributed by atoms with Crippen molar-refractivity contribution in [1.82, 2.24) is 0 Å². The summed E-state index contributed by atoms with van der Waals surface area (Å²) in [7, 11) is 1.54. The molecule has 0 spiro atoms. The van der Waals surface area contributed by atoms with Gasteiger partial charge in [-0.15, -0.1) is 0 Å². The predicted molar refractivity (Wildman–Crippen MR) is 99.1 cm³/mol. The van der Waals surface area contributed by atoms with E-state index in [0.717, 1.165) is 5.56 Å². The van der Waals surface area contributed by atoms with Crippen molar-refractivity contribution >= 4 is 5.97 Å². The monoisotopic (exact) mass is 392 g/mol. The average molecular weight is 392 g/mol. The van der Waals surface area contributed by atoms with Crippen LogP contribution in [0.3, 0.4) is 0 Å². The Balaban J connectivity index is 1.92. The third-order valence-corrected chi connectivity index (χ3v) is 4.52. The molecule has 1 aliphatic heterocycles. The second kappa shape index (κ2) is 7.66. The maximum atomic E-state index is 14.5. The summed E-state index contributed by atoms with van der Waals surface area (Å²) in [5.74, 6) is -2.01. The lowest BCUT2D eigenvalue weighted by molar-refractivity contribution is -0.137. The van der Waals surface area contributed by atoms with Gasteiger partial charge in [0.25, 0.3) is 0 Å². The molecule has 0 aliphatic carbocycles. The van der Waals surface area contributed by atoms with E-state index in [9.17, 15) is 13.6 Å². The molecule has 7 heteroatoms. The number of ether oxygens (including phenoxy) is 3. The molecule has 0 aromatic heterocycles. The van der Waals surface area contributed by atoms with Crippen molar-refractivity contribution < 1.29 is 32.9 Å². The number of carboxylic acid groups (broad SMARTS) is 1. The Kier molecular flexibility index (Phi) is 5.45. The third-order valence-electron chi connectivity index (χ3n) is 4.52. The van der Waals surface area contributed by atoms with E-state index >= 15 is 0 Å². The molecule has 0 unspecified atom stereocenters. The van der Waals surface area contributed by atoms with Crippen LogP contribution >= 0.6 is 0 Å². The summed E-state index contributed by atoms with van der Waals surface area (Å²) in [6, 6.07) is 5.89.